The second-order valence-corrected chi connectivity index (χ2v) is 9.42. The molecule has 4 atom stereocenters. The Morgan fingerprint density at radius 1 is 0.969 bits per heavy atom. The van der Waals surface area contributed by atoms with Gasteiger partial charge in [-0.2, -0.15) is 0 Å². The van der Waals surface area contributed by atoms with E-state index in [1.54, 1.807) is 12.1 Å². The van der Waals surface area contributed by atoms with Crippen LogP contribution < -0.4 is 10.6 Å². The highest BCUT2D eigenvalue weighted by atomic mass is 16.3. The molecule has 4 aliphatic rings. The Balaban J connectivity index is 1.46. The molecule has 2 aromatic carbocycles. The van der Waals surface area contributed by atoms with Crippen LogP contribution in [-0.4, -0.2) is 39.8 Å². The Morgan fingerprint density at radius 3 is 2.44 bits per heavy atom. The number of hydrogen-bond donors (Lipinski definition) is 3. The summed E-state index contributed by atoms with van der Waals surface area (Å²) in [5.41, 5.74) is 1.11. The van der Waals surface area contributed by atoms with Gasteiger partial charge in [0.25, 0.3) is 0 Å². The van der Waals surface area contributed by atoms with Gasteiger partial charge >= 0.3 is 0 Å². The molecule has 1 spiro atoms. The summed E-state index contributed by atoms with van der Waals surface area (Å²) in [4.78, 5) is 42.4. The fourth-order valence-corrected chi connectivity index (χ4v) is 6.36. The normalized spacial score (nSPS) is 31.4. The van der Waals surface area contributed by atoms with Gasteiger partial charge in [-0.05, 0) is 43.0 Å². The number of benzene rings is 2. The number of carbonyl (C=O) groups excluding carboxylic acids is 3. The maximum absolute atomic E-state index is 13.8. The highest BCUT2D eigenvalue weighted by molar-refractivity contribution is 6.15. The van der Waals surface area contributed by atoms with Crippen molar-refractivity contribution >= 4 is 23.4 Å². The molecule has 32 heavy (non-hydrogen) atoms. The molecule has 3 aliphatic heterocycles. The summed E-state index contributed by atoms with van der Waals surface area (Å²) in [7, 11) is 0. The average molecular weight is 431 g/mol. The molecule has 1 saturated carbocycles. The number of phenols is 1. The number of rotatable bonds is 3. The lowest BCUT2D eigenvalue weighted by Gasteiger charge is -2.31. The van der Waals surface area contributed by atoms with Crippen LogP contribution in [0.3, 0.4) is 0 Å². The third kappa shape index (κ3) is 2.54. The van der Waals surface area contributed by atoms with Crippen molar-refractivity contribution in [3.8, 4) is 5.75 Å². The van der Waals surface area contributed by atoms with Crippen LogP contribution in [0.15, 0.2) is 48.5 Å². The first-order chi connectivity index (χ1) is 15.5. The van der Waals surface area contributed by atoms with Gasteiger partial charge in [0.05, 0.1) is 11.8 Å². The van der Waals surface area contributed by atoms with Crippen molar-refractivity contribution in [3.05, 3.63) is 59.7 Å². The molecule has 0 unspecified atom stereocenters. The number of imide groups is 1. The molecular weight excluding hydrogens is 406 g/mol. The molecule has 3 N–H and O–H groups in total. The first-order valence-corrected chi connectivity index (χ1v) is 11.3. The molecule has 2 aromatic rings. The maximum atomic E-state index is 13.8. The van der Waals surface area contributed by atoms with Gasteiger partial charge in [0.2, 0.25) is 17.7 Å². The van der Waals surface area contributed by atoms with E-state index in [1.165, 1.54) is 4.90 Å². The predicted molar refractivity (Wildman–Crippen MR) is 117 cm³/mol. The molecule has 0 bridgehead atoms. The van der Waals surface area contributed by atoms with Crippen LogP contribution in [0.1, 0.15) is 36.8 Å². The summed E-state index contributed by atoms with van der Waals surface area (Å²) in [6.07, 6.45) is 4.18. The Labute approximate surface area is 185 Å². The number of para-hydroxylation sites is 1. The molecule has 164 valence electrons. The van der Waals surface area contributed by atoms with Crippen LogP contribution in [0.25, 0.3) is 0 Å². The Bertz CT molecular complexity index is 1120. The van der Waals surface area contributed by atoms with E-state index in [-0.39, 0.29) is 35.6 Å². The Morgan fingerprint density at radius 2 is 1.69 bits per heavy atom. The minimum absolute atomic E-state index is 0.0633. The zero-order valence-corrected chi connectivity index (χ0v) is 17.6. The predicted octanol–water partition coefficient (Wildman–Crippen LogP) is 2.30. The third-order valence-corrected chi connectivity index (χ3v) is 7.74. The molecule has 6 rings (SSSR count). The third-order valence-electron chi connectivity index (χ3n) is 7.74. The smallest absolute Gasteiger partial charge is 0.250 e. The molecule has 7 nitrogen and oxygen atoms in total. The first kappa shape index (κ1) is 19.5. The van der Waals surface area contributed by atoms with E-state index < -0.39 is 17.4 Å². The number of nitrogens with one attached hydrogen (secondary N) is 2. The number of amides is 3. The van der Waals surface area contributed by atoms with Gasteiger partial charge in [-0.1, -0.05) is 43.2 Å². The minimum Gasteiger partial charge on any atom is -0.508 e. The van der Waals surface area contributed by atoms with Gasteiger partial charge in [0, 0.05) is 23.3 Å². The Hall–Kier alpha value is -3.19. The lowest BCUT2D eigenvalue weighted by molar-refractivity contribution is -0.145. The number of hydrogen-bond acceptors (Lipinski definition) is 5. The molecule has 2 saturated heterocycles. The summed E-state index contributed by atoms with van der Waals surface area (Å²) < 4.78 is 0. The summed E-state index contributed by atoms with van der Waals surface area (Å²) in [5.74, 6) is -1.84. The van der Waals surface area contributed by atoms with Crippen molar-refractivity contribution in [1.82, 2.24) is 10.2 Å². The van der Waals surface area contributed by atoms with Gasteiger partial charge in [-0.15, -0.1) is 0 Å². The summed E-state index contributed by atoms with van der Waals surface area (Å²) >= 11 is 0. The van der Waals surface area contributed by atoms with Crippen molar-refractivity contribution in [1.29, 1.82) is 0 Å². The lowest BCUT2D eigenvalue weighted by Crippen LogP contribution is -2.54. The van der Waals surface area contributed by atoms with Gasteiger partial charge in [-0.25, -0.2) is 0 Å². The summed E-state index contributed by atoms with van der Waals surface area (Å²) in [5, 5.41) is 16.0. The van der Waals surface area contributed by atoms with E-state index in [4.69, 9.17) is 0 Å². The molecule has 3 heterocycles. The molecule has 0 aromatic heterocycles. The topological polar surface area (TPSA) is 98.7 Å². The fraction of sp³-hybridized carbons (Fsp3) is 0.400. The number of nitrogens with zero attached hydrogens (tertiary/aromatic N) is 1. The average Bonchev–Trinajstić information content (AvgIpc) is 3.52. The van der Waals surface area contributed by atoms with Crippen LogP contribution in [0.4, 0.5) is 5.69 Å². The zero-order valence-electron chi connectivity index (χ0n) is 17.6. The maximum Gasteiger partial charge on any atom is 0.250 e. The molecule has 1 aliphatic carbocycles. The van der Waals surface area contributed by atoms with Crippen molar-refractivity contribution < 1.29 is 19.5 Å². The van der Waals surface area contributed by atoms with Crippen molar-refractivity contribution in [2.45, 2.75) is 49.7 Å². The second kappa shape index (κ2) is 6.90. The van der Waals surface area contributed by atoms with Crippen molar-refractivity contribution in [2.75, 3.05) is 5.32 Å². The number of anilines is 1. The van der Waals surface area contributed by atoms with Crippen LogP contribution in [-0.2, 0) is 26.3 Å². The van der Waals surface area contributed by atoms with E-state index in [1.807, 2.05) is 36.4 Å². The SMILES string of the molecule is O=C1[C@@H]2[C@H](Cc3ccc(O)cc3)N[C@]3(C(=O)Nc4ccccc43)[C@H]2C(=O)N1C1CCCC1. The van der Waals surface area contributed by atoms with Gasteiger partial charge in [-0.3, -0.25) is 24.6 Å². The fourth-order valence-electron chi connectivity index (χ4n) is 6.36. The number of fused-ring (bicyclic) bond motifs is 4. The van der Waals surface area contributed by atoms with Crippen LogP contribution in [0, 0.1) is 11.8 Å². The van der Waals surface area contributed by atoms with Crippen molar-refractivity contribution in [3.63, 3.8) is 0 Å². The van der Waals surface area contributed by atoms with E-state index in [2.05, 4.69) is 10.6 Å². The molecule has 7 heteroatoms. The molecule has 3 fully saturated rings. The quantitative estimate of drug-likeness (QED) is 0.648. The van der Waals surface area contributed by atoms with E-state index in [0.717, 1.165) is 36.8 Å². The number of phenolic OH excluding ortho intramolecular Hbond substituents is 1. The highest BCUT2D eigenvalue weighted by Crippen LogP contribution is 2.54. The van der Waals surface area contributed by atoms with Gasteiger partial charge in [0.15, 0.2) is 0 Å². The number of carbonyl (C=O) groups is 3. The largest absolute Gasteiger partial charge is 0.508 e. The second-order valence-electron chi connectivity index (χ2n) is 9.42. The van der Waals surface area contributed by atoms with Crippen LogP contribution in [0.5, 0.6) is 5.75 Å². The zero-order chi connectivity index (χ0) is 22.0. The standard InChI is InChI=1S/C25H25N3O4/c29-16-11-9-14(10-12-16)13-19-20-21(23(31)28(22(20)30)15-5-1-2-6-15)25(27-19)17-7-3-4-8-18(17)26-24(25)32/h3-4,7-12,15,19-21,27,29H,1-2,5-6,13H2,(H,26,32)/t19-,20+,21+,25-/m0/s1. The van der Waals surface area contributed by atoms with Gasteiger partial charge in [0.1, 0.15) is 11.3 Å². The van der Waals surface area contributed by atoms with E-state index in [0.29, 0.717) is 12.1 Å². The minimum atomic E-state index is -1.25. The van der Waals surface area contributed by atoms with Gasteiger partial charge < -0.3 is 10.4 Å². The van der Waals surface area contributed by atoms with Crippen LogP contribution in [0.2, 0.25) is 0 Å². The molecule has 3 amide bonds. The summed E-state index contributed by atoms with van der Waals surface area (Å²) in [6.45, 7) is 0. The van der Waals surface area contributed by atoms with Crippen molar-refractivity contribution in [2.24, 2.45) is 11.8 Å². The number of likely N-dealkylation sites (tertiary alicyclic amines) is 1. The van der Waals surface area contributed by atoms with E-state index in [9.17, 15) is 19.5 Å². The Kier molecular flexibility index (Phi) is 4.21. The monoisotopic (exact) mass is 431 g/mol. The summed E-state index contributed by atoms with van der Waals surface area (Å²) in [6, 6.07) is 13.8. The first-order valence-electron chi connectivity index (χ1n) is 11.3. The molecule has 0 radical (unpaired) electrons. The molecular formula is C25H25N3O4. The lowest BCUT2D eigenvalue weighted by atomic mass is 9.76. The highest BCUT2D eigenvalue weighted by Gasteiger charge is 2.70. The van der Waals surface area contributed by atoms with Crippen LogP contribution >= 0.6 is 0 Å². The number of aromatic hydroxyl groups is 1. The van der Waals surface area contributed by atoms with E-state index >= 15 is 0 Å².